The van der Waals surface area contributed by atoms with Crippen molar-refractivity contribution in [3.05, 3.63) is 93.7 Å². The molecule has 0 saturated carbocycles. The maximum Gasteiger partial charge on any atom is 0.264 e. The number of nitrogens with one attached hydrogen (secondary N) is 1. The van der Waals surface area contributed by atoms with Crippen LogP contribution in [0.4, 0.5) is 10.1 Å². The molecule has 0 spiro atoms. The van der Waals surface area contributed by atoms with Gasteiger partial charge in [-0.3, -0.25) is 13.9 Å². The topological polar surface area (TPSA) is 86.8 Å². The van der Waals surface area contributed by atoms with E-state index in [9.17, 15) is 18.0 Å². The van der Waals surface area contributed by atoms with E-state index in [1.54, 1.807) is 31.2 Å². The Balaban J connectivity index is 2.08. The number of carbonyl (C=O) groups excluding carboxylic acids is 2. The van der Waals surface area contributed by atoms with Gasteiger partial charge in [0.2, 0.25) is 11.8 Å². The second-order valence-corrected chi connectivity index (χ2v) is 12.8. The lowest BCUT2D eigenvalue weighted by Crippen LogP contribution is -2.52. The summed E-state index contributed by atoms with van der Waals surface area (Å²) < 4.78 is 43.4. The Kier molecular flexibility index (Phi) is 11.2. The normalized spacial score (nSPS) is 12.2. The maximum atomic E-state index is 15.0. The van der Waals surface area contributed by atoms with Crippen molar-refractivity contribution in [2.45, 2.75) is 51.6 Å². The summed E-state index contributed by atoms with van der Waals surface area (Å²) in [4.78, 5) is 28.5. The van der Waals surface area contributed by atoms with Gasteiger partial charge in [0, 0.05) is 23.1 Å². The van der Waals surface area contributed by atoms with Crippen LogP contribution in [0.15, 0.2) is 71.6 Å². The second-order valence-electron chi connectivity index (χ2n) is 10.1. The number of benzene rings is 3. The number of hydrogen-bond donors (Lipinski definition) is 1. The van der Waals surface area contributed by atoms with E-state index >= 15 is 4.39 Å². The number of hydrogen-bond acceptors (Lipinski definition) is 4. The minimum atomic E-state index is -4.38. The Labute approximate surface area is 251 Å². The van der Waals surface area contributed by atoms with E-state index in [-0.39, 0.29) is 34.5 Å². The van der Waals surface area contributed by atoms with Crippen LogP contribution in [0.1, 0.15) is 38.3 Å². The first kappa shape index (κ1) is 32.4. The van der Waals surface area contributed by atoms with Crippen molar-refractivity contribution in [2.24, 2.45) is 5.92 Å². The molecule has 0 aliphatic rings. The molecule has 11 heteroatoms. The molecule has 0 aliphatic heterocycles. The molecule has 1 unspecified atom stereocenters. The van der Waals surface area contributed by atoms with E-state index in [0.717, 1.165) is 15.9 Å². The van der Waals surface area contributed by atoms with Crippen molar-refractivity contribution in [3.8, 4) is 0 Å². The van der Waals surface area contributed by atoms with Gasteiger partial charge in [-0.15, -0.1) is 0 Å². The highest BCUT2D eigenvalue weighted by atomic mass is 35.5. The van der Waals surface area contributed by atoms with Gasteiger partial charge in [-0.05, 0) is 61.2 Å². The fourth-order valence-corrected chi connectivity index (χ4v) is 6.07. The lowest BCUT2D eigenvalue weighted by Gasteiger charge is -2.33. The monoisotopic (exact) mass is 621 g/mol. The van der Waals surface area contributed by atoms with Gasteiger partial charge in [-0.2, -0.15) is 0 Å². The van der Waals surface area contributed by atoms with Crippen molar-refractivity contribution in [3.63, 3.8) is 0 Å². The third-order valence-corrected chi connectivity index (χ3v) is 8.80. The number of nitrogens with zero attached hydrogens (tertiary/aromatic N) is 2. The minimum absolute atomic E-state index is 0.0991. The largest absolute Gasteiger partial charge is 0.354 e. The average Bonchev–Trinajstić information content (AvgIpc) is 2.92. The van der Waals surface area contributed by atoms with Crippen LogP contribution in [0, 0.1) is 18.7 Å². The van der Waals surface area contributed by atoms with Crippen molar-refractivity contribution >= 4 is 50.7 Å². The number of para-hydroxylation sites is 1. The molecular weight excluding hydrogens is 588 g/mol. The Morgan fingerprint density at radius 1 is 1.00 bits per heavy atom. The lowest BCUT2D eigenvalue weighted by atomic mass is 10.1. The highest BCUT2D eigenvalue weighted by Crippen LogP contribution is 2.28. The van der Waals surface area contributed by atoms with Crippen LogP contribution in [-0.4, -0.2) is 44.3 Å². The maximum absolute atomic E-state index is 15.0. The molecule has 2 amide bonds. The molecule has 41 heavy (non-hydrogen) atoms. The van der Waals surface area contributed by atoms with Crippen molar-refractivity contribution < 1.29 is 22.4 Å². The van der Waals surface area contributed by atoms with Crippen LogP contribution < -0.4 is 9.62 Å². The number of rotatable bonds is 12. The lowest BCUT2D eigenvalue weighted by molar-refractivity contribution is -0.140. The van der Waals surface area contributed by atoms with E-state index < -0.39 is 40.2 Å². The summed E-state index contributed by atoms with van der Waals surface area (Å²) in [5.74, 6) is -1.74. The first-order valence-corrected chi connectivity index (χ1v) is 15.4. The number of anilines is 1. The molecule has 1 N–H and O–H groups in total. The fraction of sp³-hybridized carbons (Fsp3) is 0.333. The van der Waals surface area contributed by atoms with Crippen LogP contribution in [0.5, 0.6) is 0 Å². The van der Waals surface area contributed by atoms with Crippen LogP contribution in [0.25, 0.3) is 0 Å². The van der Waals surface area contributed by atoms with Crippen LogP contribution in [-0.2, 0) is 26.2 Å². The summed E-state index contributed by atoms with van der Waals surface area (Å²) in [5.41, 5.74) is 1.06. The quantitative estimate of drug-likeness (QED) is 0.260. The van der Waals surface area contributed by atoms with Gasteiger partial charge in [-0.1, -0.05) is 79.9 Å². The summed E-state index contributed by atoms with van der Waals surface area (Å²) in [5, 5.41) is 3.53. The molecule has 0 radical (unpaired) electrons. The molecule has 0 bridgehead atoms. The van der Waals surface area contributed by atoms with E-state index in [1.165, 1.54) is 41.3 Å². The minimum Gasteiger partial charge on any atom is -0.354 e. The summed E-state index contributed by atoms with van der Waals surface area (Å²) in [6.45, 7) is 6.99. The zero-order chi connectivity index (χ0) is 30.3. The Morgan fingerprint density at radius 2 is 1.66 bits per heavy atom. The van der Waals surface area contributed by atoms with E-state index in [1.807, 2.05) is 20.8 Å². The zero-order valence-electron chi connectivity index (χ0n) is 23.4. The van der Waals surface area contributed by atoms with E-state index in [2.05, 4.69) is 5.32 Å². The number of halogens is 3. The van der Waals surface area contributed by atoms with E-state index in [0.29, 0.717) is 17.1 Å². The van der Waals surface area contributed by atoms with Gasteiger partial charge in [0.15, 0.2) is 0 Å². The third-order valence-electron chi connectivity index (χ3n) is 6.44. The van der Waals surface area contributed by atoms with Crippen molar-refractivity contribution in [1.29, 1.82) is 0 Å². The van der Waals surface area contributed by atoms with Gasteiger partial charge in [0.25, 0.3) is 10.0 Å². The molecule has 3 aromatic rings. The molecule has 7 nitrogen and oxygen atoms in total. The van der Waals surface area contributed by atoms with Crippen LogP contribution in [0.3, 0.4) is 0 Å². The SMILES string of the molecule is CCC(C(=O)NCC(C)C)N(Cc1ccc(Cl)cc1Cl)C(=O)CN(c1ccccc1F)S(=O)(=O)c1ccc(C)cc1. The molecular formula is C30H34Cl2FN3O4S. The van der Waals surface area contributed by atoms with Gasteiger partial charge in [0.05, 0.1) is 10.6 Å². The molecule has 1 atom stereocenters. The van der Waals surface area contributed by atoms with Crippen molar-refractivity contribution in [1.82, 2.24) is 10.2 Å². The summed E-state index contributed by atoms with van der Waals surface area (Å²) in [7, 11) is -4.38. The highest BCUT2D eigenvalue weighted by molar-refractivity contribution is 7.92. The number of amides is 2. The molecule has 3 rings (SSSR count). The highest BCUT2D eigenvalue weighted by Gasteiger charge is 2.34. The summed E-state index contributed by atoms with van der Waals surface area (Å²) in [6.07, 6.45) is 0.241. The number of aryl methyl sites for hydroxylation is 1. The van der Waals surface area contributed by atoms with Crippen LogP contribution >= 0.6 is 23.2 Å². The molecule has 0 fully saturated rings. The van der Waals surface area contributed by atoms with Gasteiger partial charge in [-0.25, -0.2) is 12.8 Å². The summed E-state index contributed by atoms with van der Waals surface area (Å²) in [6, 6.07) is 15.2. The predicted octanol–water partition coefficient (Wildman–Crippen LogP) is 6.22. The molecule has 0 aliphatic carbocycles. The van der Waals surface area contributed by atoms with Crippen LogP contribution in [0.2, 0.25) is 10.0 Å². The zero-order valence-corrected chi connectivity index (χ0v) is 25.7. The molecule has 3 aromatic carbocycles. The first-order valence-electron chi connectivity index (χ1n) is 13.2. The summed E-state index contributed by atoms with van der Waals surface area (Å²) >= 11 is 12.5. The fourth-order valence-electron chi connectivity index (χ4n) is 4.18. The van der Waals surface area contributed by atoms with Gasteiger partial charge >= 0.3 is 0 Å². The predicted molar refractivity (Wildman–Crippen MR) is 161 cm³/mol. The van der Waals surface area contributed by atoms with Gasteiger partial charge < -0.3 is 10.2 Å². The average molecular weight is 623 g/mol. The molecule has 0 heterocycles. The van der Waals surface area contributed by atoms with Gasteiger partial charge in [0.1, 0.15) is 18.4 Å². The Hall–Kier alpha value is -3.14. The Bertz CT molecular complexity index is 1480. The number of sulfonamides is 1. The molecule has 220 valence electrons. The third kappa shape index (κ3) is 8.21. The standard InChI is InChI=1S/C30H34Cl2FN3O4S/c1-5-27(30(38)34-17-20(2)3)35(18-22-12-13-23(31)16-25(22)32)29(37)19-36(28-9-7-6-8-26(28)33)41(39,40)24-14-10-21(4)11-15-24/h6-16,20,27H,5,17-19H2,1-4H3,(H,34,38). The van der Waals surface area contributed by atoms with Crippen molar-refractivity contribution in [2.75, 3.05) is 17.4 Å². The first-order chi connectivity index (χ1) is 19.3. The van der Waals surface area contributed by atoms with E-state index in [4.69, 9.17) is 23.2 Å². The number of carbonyl (C=O) groups is 2. The molecule has 0 saturated heterocycles. The molecule has 0 aromatic heterocycles. The Morgan fingerprint density at radius 3 is 2.24 bits per heavy atom. The smallest absolute Gasteiger partial charge is 0.264 e. The second kappa shape index (κ2) is 14.2.